The van der Waals surface area contributed by atoms with E-state index in [1.165, 1.54) is 11.0 Å². The third-order valence-electron chi connectivity index (χ3n) is 8.69. The number of β-amino-alcohol motifs (C(OH)–C–C–N with tert-alkyl or cyclic N) is 1. The number of carbonyl (C=O) groups is 4. The molecule has 2 saturated carbocycles. The average molecular weight is 691 g/mol. The molecule has 13 nitrogen and oxygen atoms in total. The molecular weight excluding hydrogens is 640 g/mol. The number of nitrogens with one attached hydrogen (secondary N) is 3. The number of hydrogen-bond donors (Lipinski definition) is 4. The van der Waals surface area contributed by atoms with Gasteiger partial charge in [-0.25, -0.2) is 13.2 Å². The van der Waals surface area contributed by atoms with Gasteiger partial charge in [-0.05, 0) is 77.0 Å². The highest BCUT2D eigenvalue weighted by Crippen LogP contribution is 2.46. The number of rotatable bonds is 11. The first kappa shape index (κ1) is 37.2. The van der Waals surface area contributed by atoms with Gasteiger partial charge in [0.25, 0.3) is 5.91 Å². The first-order chi connectivity index (χ1) is 22.0. The molecule has 266 valence electrons. The van der Waals surface area contributed by atoms with Crippen LogP contribution in [0.4, 0.5) is 4.79 Å². The van der Waals surface area contributed by atoms with Crippen molar-refractivity contribution in [2.75, 3.05) is 6.54 Å². The van der Waals surface area contributed by atoms with E-state index in [1.54, 1.807) is 65.8 Å². The van der Waals surface area contributed by atoms with Crippen molar-refractivity contribution in [2.45, 2.75) is 121 Å². The van der Waals surface area contributed by atoms with E-state index < -0.39 is 79.2 Å². The van der Waals surface area contributed by atoms with Crippen LogP contribution in [-0.4, -0.2) is 83.4 Å². The first-order valence-electron chi connectivity index (χ1n) is 16.3. The summed E-state index contributed by atoms with van der Waals surface area (Å²) in [6.07, 6.45) is 1.24. The summed E-state index contributed by atoms with van der Waals surface area (Å²) >= 11 is 0. The van der Waals surface area contributed by atoms with Gasteiger partial charge in [-0.15, -0.1) is 6.58 Å². The molecule has 4 rings (SSSR count). The van der Waals surface area contributed by atoms with Crippen molar-refractivity contribution in [3.63, 3.8) is 0 Å². The van der Waals surface area contributed by atoms with Crippen molar-refractivity contribution in [1.29, 1.82) is 0 Å². The maximum absolute atomic E-state index is 14.4. The zero-order valence-corrected chi connectivity index (χ0v) is 29.9. The van der Waals surface area contributed by atoms with E-state index >= 15 is 0 Å². The zero-order valence-electron chi connectivity index (χ0n) is 29.1. The summed E-state index contributed by atoms with van der Waals surface area (Å²) in [5.74, 6) is -2.36. The predicted octanol–water partition coefficient (Wildman–Crippen LogP) is 2.87. The summed E-state index contributed by atoms with van der Waals surface area (Å²) in [6.45, 7) is 17.4. The molecule has 48 heavy (non-hydrogen) atoms. The summed E-state index contributed by atoms with van der Waals surface area (Å²) in [7, 11) is -3.91. The molecule has 5 atom stereocenters. The number of amides is 4. The largest absolute Gasteiger partial charge is 0.491 e. The Bertz CT molecular complexity index is 1560. The van der Waals surface area contributed by atoms with Crippen molar-refractivity contribution < 1.29 is 42.2 Å². The second-order valence-corrected chi connectivity index (χ2v) is 17.5. The third-order valence-corrected chi connectivity index (χ3v) is 10.5. The van der Waals surface area contributed by atoms with Crippen molar-refractivity contribution >= 4 is 33.8 Å². The lowest BCUT2D eigenvalue weighted by Crippen LogP contribution is -2.60. The predicted molar refractivity (Wildman–Crippen MR) is 178 cm³/mol. The lowest BCUT2D eigenvalue weighted by atomic mass is 9.85. The van der Waals surface area contributed by atoms with Crippen LogP contribution in [-0.2, 0) is 34.7 Å². The minimum atomic E-state index is -3.91. The van der Waals surface area contributed by atoms with Gasteiger partial charge < -0.3 is 30.1 Å². The Morgan fingerprint density at radius 3 is 2.25 bits per heavy atom. The lowest BCUT2D eigenvalue weighted by Gasteiger charge is -2.36. The number of alkyl carbamates (subject to hydrolysis) is 1. The third kappa shape index (κ3) is 8.31. The number of benzene rings is 1. The maximum atomic E-state index is 14.4. The monoisotopic (exact) mass is 690 g/mol. The van der Waals surface area contributed by atoms with Crippen LogP contribution in [0.15, 0.2) is 36.9 Å². The number of likely N-dealkylation sites (tertiary alicyclic amines) is 1. The normalized spacial score (nSPS) is 26.3. The molecule has 3 fully saturated rings. The molecule has 1 aromatic carbocycles. The van der Waals surface area contributed by atoms with Gasteiger partial charge in [0.05, 0.1) is 17.9 Å². The highest BCUT2D eigenvalue weighted by molar-refractivity contribution is 7.91. The topological polar surface area (TPSA) is 180 Å². The molecule has 2 aliphatic carbocycles. The van der Waals surface area contributed by atoms with E-state index in [0.717, 1.165) is 0 Å². The number of ether oxygens (including phenoxy) is 2. The van der Waals surface area contributed by atoms with Gasteiger partial charge in [-0.2, -0.15) is 0 Å². The molecule has 1 heterocycles. The molecule has 0 bridgehead atoms. The van der Waals surface area contributed by atoms with Gasteiger partial charge in [0.15, 0.2) is 0 Å². The van der Waals surface area contributed by atoms with Crippen LogP contribution >= 0.6 is 0 Å². The first-order valence-corrected chi connectivity index (χ1v) is 17.9. The van der Waals surface area contributed by atoms with Crippen LogP contribution in [0.1, 0.15) is 86.6 Å². The summed E-state index contributed by atoms with van der Waals surface area (Å²) in [5, 5.41) is 16.8. The molecule has 14 heteroatoms. The van der Waals surface area contributed by atoms with E-state index in [0.29, 0.717) is 24.2 Å². The molecule has 0 aromatic heterocycles. The van der Waals surface area contributed by atoms with Gasteiger partial charge in [0, 0.05) is 12.3 Å². The molecule has 1 aliphatic heterocycles. The highest BCUT2D eigenvalue weighted by Gasteiger charge is 2.62. The van der Waals surface area contributed by atoms with E-state index in [-0.39, 0.29) is 25.5 Å². The maximum Gasteiger partial charge on any atom is 0.408 e. The van der Waals surface area contributed by atoms with Crippen LogP contribution in [0, 0.1) is 11.3 Å². The Balaban J connectivity index is 1.69. The fourth-order valence-corrected chi connectivity index (χ4v) is 7.32. The fourth-order valence-electron chi connectivity index (χ4n) is 5.95. The summed E-state index contributed by atoms with van der Waals surface area (Å²) in [6, 6.07) is 4.26. The molecule has 4 amide bonds. The second kappa shape index (κ2) is 13.0. The van der Waals surface area contributed by atoms with Crippen molar-refractivity contribution in [3.8, 4) is 5.75 Å². The summed E-state index contributed by atoms with van der Waals surface area (Å²) in [4.78, 5) is 56.1. The number of hydrogen-bond acceptors (Lipinski definition) is 9. The van der Waals surface area contributed by atoms with E-state index in [4.69, 9.17) is 9.47 Å². The van der Waals surface area contributed by atoms with Crippen LogP contribution in [0.5, 0.6) is 5.75 Å². The standard InChI is InChI=1S/C34H50N4O9S/c1-10-21-17-34(21,29(41)37-48(44,45)24-14-15-24)36-27(39)25-18-33(43,22-12-11-13-23(16-22)46-20(2)3)19-38(25)28(40)26(31(4,5)6)35-30(42)47-32(7,8)9/h10-13,16,20-21,24-26,43H,1,14-15,17-19H2,2-9H3,(H,35,42)(H,36,39)(H,37,41)/t21-,25+,26-,33+,34-/m1/s1. The van der Waals surface area contributed by atoms with Gasteiger partial charge >= 0.3 is 6.09 Å². The zero-order chi connectivity index (χ0) is 36.0. The van der Waals surface area contributed by atoms with Crippen LogP contribution in [0.25, 0.3) is 0 Å². The minimum Gasteiger partial charge on any atom is -0.491 e. The lowest BCUT2D eigenvalue weighted by molar-refractivity contribution is -0.143. The SMILES string of the molecule is C=C[C@@H]1C[C@]1(NC(=O)[C@@H]1C[C@@](O)(c2cccc(OC(C)C)c2)CN1C(=O)[C@@H](NC(=O)OC(C)(C)C)C(C)(C)C)C(=O)NS(=O)(=O)C1CC1. The summed E-state index contributed by atoms with van der Waals surface area (Å²) in [5.41, 5.74) is -4.63. The second-order valence-electron chi connectivity index (χ2n) is 15.5. The van der Waals surface area contributed by atoms with Crippen LogP contribution < -0.4 is 20.1 Å². The van der Waals surface area contributed by atoms with Crippen LogP contribution in [0.3, 0.4) is 0 Å². The smallest absolute Gasteiger partial charge is 0.408 e. The molecule has 4 N–H and O–H groups in total. The van der Waals surface area contributed by atoms with Gasteiger partial charge in [-0.3, -0.25) is 19.1 Å². The number of carbonyl (C=O) groups excluding carboxylic acids is 4. The van der Waals surface area contributed by atoms with E-state index in [2.05, 4.69) is 21.9 Å². The molecule has 3 aliphatic rings. The average Bonchev–Trinajstić information content (AvgIpc) is 3.87. The molecule has 1 aromatic rings. The minimum absolute atomic E-state index is 0.110. The summed E-state index contributed by atoms with van der Waals surface area (Å²) < 4.78 is 38.6. The molecule has 0 radical (unpaired) electrons. The number of sulfonamides is 1. The van der Waals surface area contributed by atoms with Gasteiger partial charge in [0.1, 0.15) is 34.6 Å². The van der Waals surface area contributed by atoms with E-state index in [1.807, 2.05) is 13.8 Å². The highest BCUT2D eigenvalue weighted by atomic mass is 32.2. The Morgan fingerprint density at radius 2 is 1.73 bits per heavy atom. The van der Waals surface area contributed by atoms with Crippen molar-refractivity contribution in [1.82, 2.24) is 20.3 Å². The molecule has 1 saturated heterocycles. The number of nitrogens with zero attached hydrogens (tertiary/aromatic N) is 1. The fraction of sp³-hybridized carbons (Fsp3) is 0.647. The molecule has 0 unspecified atom stereocenters. The Hall–Kier alpha value is -3.65. The Labute approximate surface area is 283 Å². The van der Waals surface area contributed by atoms with Crippen molar-refractivity contribution in [2.24, 2.45) is 11.3 Å². The van der Waals surface area contributed by atoms with Crippen molar-refractivity contribution in [3.05, 3.63) is 42.5 Å². The van der Waals surface area contributed by atoms with Gasteiger partial charge in [0.2, 0.25) is 21.8 Å². The Kier molecular flexibility index (Phi) is 10.1. The van der Waals surface area contributed by atoms with E-state index in [9.17, 15) is 32.7 Å². The molecule has 0 spiro atoms. The number of aliphatic hydroxyl groups is 1. The van der Waals surface area contributed by atoms with Gasteiger partial charge in [-0.1, -0.05) is 39.0 Å². The molecular formula is C34H50N4O9S. The Morgan fingerprint density at radius 1 is 1.08 bits per heavy atom. The van der Waals surface area contributed by atoms with Crippen LogP contribution in [0.2, 0.25) is 0 Å². The quantitative estimate of drug-likeness (QED) is 0.254.